The van der Waals surface area contributed by atoms with Crippen LogP contribution in [0.4, 0.5) is 5.82 Å². The van der Waals surface area contributed by atoms with Gasteiger partial charge in [0.1, 0.15) is 5.82 Å². The maximum Gasteiger partial charge on any atom is 0.168 e. The van der Waals surface area contributed by atoms with E-state index in [1.165, 1.54) is 0 Å². The Morgan fingerprint density at radius 1 is 1.25 bits per heavy atom. The summed E-state index contributed by atoms with van der Waals surface area (Å²) in [5.41, 5.74) is 2.12. The third-order valence-electron chi connectivity index (χ3n) is 1.64. The summed E-state index contributed by atoms with van der Waals surface area (Å²) in [6.07, 6.45) is 2.09. The first-order valence-corrected chi connectivity index (χ1v) is 5.84. The molecule has 0 unspecified atom stereocenters. The zero-order valence-corrected chi connectivity index (χ0v) is 9.03. The van der Waals surface area contributed by atoms with Crippen molar-refractivity contribution in [2.24, 2.45) is 3.15 Å². The minimum atomic E-state index is -0.146. The van der Waals surface area contributed by atoms with Gasteiger partial charge in [0.2, 0.25) is 0 Å². The molecule has 0 atom stereocenters. The fourth-order valence-electron chi connectivity index (χ4n) is 1.13. The third kappa shape index (κ3) is 1.31. The van der Waals surface area contributed by atoms with E-state index in [1.807, 2.05) is 13.8 Å². The molecule has 2 heterocycles. The number of aryl methyl sites for hydroxylation is 2. The molecule has 3 nitrogen and oxygen atoms in total. The molecule has 12 heavy (non-hydrogen) atoms. The predicted molar refractivity (Wildman–Crippen MR) is 56.6 cm³/mol. The molecule has 0 fully saturated rings. The van der Waals surface area contributed by atoms with Gasteiger partial charge in [-0.2, -0.15) is 0 Å². The molecule has 0 bridgehead atoms. The molecule has 0 saturated carbocycles. The molecule has 1 aliphatic rings. The Kier molecular flexibility index (Phi) is 2.00. The fourth-order valence-corrected chi connectivity index (χ4v) is 2.44. The fraction of sp³-hybridized carbons (Fsp3) is 0.250. The molecule has 0 N–H and O–H groups in total. The number of hydrogen-bond donors (Lipinski definition) is 0. The van der Waals surface area contributed by atoms with Gasteiger partial charge in [-0.25, -0.2) is 13.1 Å². The Hall–Kier alpha value is -0.650. The molecule has 0 radical (unpaired) electrons. The zero-order valence-electron chi connectivity index (χ0n) is 6.87. The Balaban J connectivity index is 2.71. The average Bonchev–Trinajstić information content (AvgIpc) is 2.04. The van der Waals surface area contributed by atoms with Gasteiger partial charge in [-0.05, 0) is 24.0 Å². The molecule has 0 aromatic carbocycles. The van der Waals surface area contributed by atoms with E-state index in [-0.39, 0.29) is 21.0 Å². The second-order valence-electron chi connectivity index (χ2n) is 2.57. The van der Waals surface area contributed by atoms with Gasteiger partial charge in [-0.1, -0.05) is 0 Å². The Morgan fingerprint density at radius 2 is 2.08 bits per heavy atom. The molecule has 2 rings (SSSR count). The van der Waals surface area contributed by atoms with Crippen molar-refractivity contribution in [2.75, 3.05) is 0 Å². The summed E-state index contributed by atoms with van der Waals surface area (Å²) in [6, 6.07) is 0. The molecule has 1 aliphatic heterocycles. The van der Waals surface area contributed by atoms with Gasteiger partial charge in [-0.3, -0.25) is 0 Å². The van der Waals surface area contributed by atoms with Gasteiger partial charge in [-0.15, -0.1) is 0 Å². The molecule has 4 heteroatoms. The van der Waals surface area contributed by atoms with Crippen LogP contribution in [0.5, 0.6) is 0 Å². The molecule has 62 valence electrons. The van der Waals surface area contributed by atoms with E-state index in [0.717, 1.165) is 22.9 Å². The molecule has 0 spiro atoms. The van der Waals surface area contributed by atoms with Gasteiger partial charge in [0, 0.05) is 26.6 Å². The molecule has 0 amide bonds. The van der Waals surface area contributed by atoms with Crippen molar-refractivity contribution in [3.63, 3.8) is 0 Å². The van der Waals surface area contributed by atoms with E-state index >= 15 is 0 Å². The van der Waals surface area contributed by atoms with Crippen molar-refractivity contribution in [2.45, 2.75) is 13.8 Å². The van der Waals surface area contributed by atoms with Crippen LogP contribution in [-0.2, 0) is 0 Å². The number of aromatic nitrogens is 2. The lowest BCUT2D eigenvalue weighted by Crippen LogP contribution is -1.95. The summed E-state index contributed by atoms with van der Waals surface area (Å²) in [4.78, 5) is 8.55. The predicted octanol–water partition coefficient (Wildman–Crippen LogP) is 2.86. The van der Waals surface area contributed by atoms with E-state index in [2.05, 4.69) is 23.3 Å². The van der Waals surface area contributed by atoms with Crippen LogP contribution in [0, 0.1) is 13.8 Å². The van der Waals surface area contributed by atoms with Crippen LogP contribution in [0.25, 0.3) is 6.08 Å². The van der Waals surface area contributed by atoms with Crippen molar-refractivity contribution < 1.29 is 0 Å². The lowest BCUT2D eigenvalue weighted by molar-refractivity contribution is 1.00. The maximum atomic E-state index is 4.39. The number of rotatable bonds is 0. The summed E-state index contributed by atoms with van der Waals surface area (Å²) in [5.74, 6) is 1.70. The minimum absolute atomic E-state index is 0.146. The highest BCUT2D eigenvalue weighted by atomic mass is 127. The largest absolute Gasteiger partial charge is 0.238 e. The Morgan fingerprint density at radius 3 is 2.92 bits per heavy atom. The van der Waals surface area contributed by atoms with Gasteiger partial charge in [0.25, 0.3) is 0 Å². The maximum absolute atomic E-state index is 4.39. The molecule has 1 aromatic heterocycles. The smallest absolute Gasteiger partial charge is 0.168 e. The normalized spacial score (nSPS) is 13.8. The average molecular weight is 273 g/mol. The molecule has 0 aliphatic carbocycles. The quantitative estimate of drug-likeness (QED) is 0.682. The molecule has 1 aromatic rings. The van der Waals surface area contributed by atoms with Crippen LogP contribution in [0.1, 0.15) is 17.1 Å². The summed E-state index contributed by atoms with van der Waals surface area (Å²) in [5, 5.41) is 0. The zero-order chi connectivity index (χ0) is 8.55. The molecule has 0 saturated heterocycles. The first-order chi connectivity index (χ1) is 5.77. The first-order valence-electron chi connectivity index (χ1n) is 3.63. The second kappa shape index (κ2) is 3.01. The Bertz CT molecular complexity index is 382. The van der Waals surface area contributed by atoms with Crippen molar-refractivity contribution in [1.29, 1.82) is 0 Å². The number of halogens is 1. The van der Waals surface area contributed by atoms with Crippen LogP contribution < -0.4 is 0 Å². The van der Waals surface area contributed by atoms with Crippen LogP contribution in [0.15, 0.2) is 7.23 Å². The lowest BCUT2D eigenvalue weighted by atomic mass is 10.2. The summed E-state index contributed by atoms with van der Waals surface area (Å²) in [7, 11) is 0. The van der Waals surface area contributed by atoms with Crippen molar-refractivity contribution in [3.05, 3.63) is 21.2 Å². The van der Waals surface area contributed by atoms with Gasteiger partial charge < -0.3 is 0 Å². The van der Waals surface area contributed by atoms with Crippen molar-refractivity contribution in [1.82, 2.24) is 9.97 Å². The first kappa shape index (κ1) is 7.97. The van der Waals surface area contributed by atoms with Gasteiger partial charge >= 0.3 is 0 Å². The van der Waals surface area contributed by atoms with E-state index in [4.69, 9.17) is 0 Å². The van der Waals surface area contributed by atoms with Crippen molar-refractivity contribution in [3.8, 4) is 0 Å². The number of hydrogen-bond acceptors (Lipinski definition) is 3. The van der Waals surface area contributed by atoms with E-state index in [1.54, 1.807) is 0 Å². The minimum Gasteiger partial charge on any atom is -0.238 e. The highest BCUT2D eigenvalue weighted by molar-refractivity contribution is 14.2. The standard InChI is InChI=1S/C8H8IN3/c1-5-7-3-4-9-12-8(7)11-6(2)10-5/h3-4H,1-2H3. The molecular weight excluding hydrogens is 265 g/mol. The monoisotopic (exact) mass is 273 g/mol. The van der Waals surface area contributed by atoms with E-state index in [0.29, 0.717) is 0 Å². The summed E-state index contributed by atoms with van der Waals surface area (Å²) in [6.45, 7) is 3.90. The van der Waals surface area contributed by atoms with Crippen LogP contribution in [0.2, 0.25) is 0 Å². The third-order valence-corrected chi connectivity index (χ3v) is 3.06. The Labute approximate surface area is 81.1 Å². The number of nitrogens with zero attached hydrogens (tertiary/aromatic N) is 3. The highest BCUT2D eigenvalue weighted by Gasteiger charge is 2.07. The van der Waals surface area contributed by atoms with E-state index in [9.17, 15) is 0 Å². The summed E-state index contributed by atoms with van der Waals surface area (Å²) < 4.78 is 6.52. The second-order valence-corrected chi connectivity index (χ2v) is 4.33. The van der Waals surface area contributed by atoms with Crippen LogP contribution in [0.3, 0.4) is 0 Å². The van der Waals surface area contributed by atoms with Gasteiger partial charge in [0.15, 0.2) is 5.82 Å². The van der Waals surface area contributed by atoms with E-state index < -0.39 is 0 Å². The number of fused-ring (bicyclic) bond motifs is 1. The van der Waals surface area contributed by atoms with Crippen molar-refractivity contribution >= 4 is 32.9 Å². The van der Waals surface area contributed by atoms with Gasteiger partial charge in [0.05, 0.1) is 5.69 Å². The molecular formula is C8H8IN3. The summed E-state index contributed by atoms with van der Waals surface area (Å²) >= 11 is -0.146. The van der Waals surface area contributed by atoms with Crippen LogP contribution in [-0.4, -0.2) is 9.97 Å². The lowest BCUT2D eigenvalue weighted by Gasteiger charge is -2.06. The highest BCUT2D eigenvalue weighted by Crippen LogP contribution is 2.29. The topological polar surface area (TPSA) is 38.1 Å². The van der Waals surface area contributed by atoms with Crippen LogP contribution >= 0.6 is 21.0 Å². The SMILES string of the molecule is Cc1nc(C)c2c(n1)N=IC=C2.